The Labute approximate surface area is 205 Å². The van der Waals surface area contributed by atoms with Gasteiger partial charge in [0.2, 0.25) is 10.0 Å². The predicted molar refractivity (Wildman–Crippen MR) is 130 cm³/mol. The summed E-state index contributed by atoms with van der Waals surface area (Å²) in [5, 5.41) is 17.6. The van der Waals surface area contributed by atoms with Crippen molar-refractivity contribution in [3.8, 4) is 5.75 Å². The first-order valence-corrected chi connectivity index (χ1v) is 13.0. The fraction of sp³-hybridized carbons (Fsp3) is 0.400. The van der Waals surface area contributed by atoms with E-state index in [4.69, 9.17) is 4.74 Å². The minimum absolute atomic E-state index is 0.0248. The molecule has 3 aromatic rings. The lowest BCUT2D eigenvalue weighted by Crippen LogP contribution is -2.35. The standard InChI is InChI=1S/C25H30N4O5S/c1-17-8-9-19(20(13-25(30)31)10-11-22-16-28(3)27-26-22)12-21(17)15-29-14-18(2)34-23-6-4-5-7-24(23)35(29,32)33/h4-9,12,16,18,20H,10-11,13-15H2,1-3H3,(H,30,31)/t18-,20?/m1/s1. The topological polar surface area (TPSA) is 115 Å². The average molecular weight is 499 g/mol. The highest BCUT2D eigenvalue weighted by Gasteiger charge is 2.33. The Balaban J connectivity index is 1.62. The Kier molecular flexibility index (Phi) is 7.23. The van der Waals surface area contributed by atoms with Crippen LogP contribution in [0.2, 0.25) is 0 Å². The number of sulfonamides is 1. The summed E-state index contributed by atoms with van der Waals surface area (Å²) in [6.07, 6.45) is 2.67. The number of fused-ring (bicyclic) bond motifs is 1. The number of aromatic nitrogens is 3. The third-order valence-corrected chi connectivity index (χ3v) is 8.12. The minimum atomic E-state index is -3.77. The molecule has 0 fully saturated rings. The lowest BCUT2D eigenvalue weighted by atomic mass is 9.88. The van der Waals surface area contributed by atoms with E-state index in [9.17, 15) is 18.3 Å². The van der Waals surface area contributed by atoms with Crippen molar-refractivity contribution in [3.63, 3.8) is 0 Å². The van der Waals surface area contributed by atoms with E-state index in [0.717, 1.165) is 22.4 Å². The third-order valence-electron chi connectivity index (χ3n) is 6.27. The molecule has 0 bridgehead atoms. The third kappa shape index (κ3) is 5.71. The molecule has 1 aliphatic heterocycles. The van der Waals surface area contributed by atoms with Crippen LogP contribution < -0.4 is 4.74 Å². The van der Waals surface area contributed by atoms with E-state index in [0.29, 0.717) is 18.6 Å². The van der Waals surface area contributed by atoms with Crippen LogP contribution in [0.25, 0.3) is 0 Å². The maximum absolute atomic E-state index is 13.5. The van der Waals surface area contributed by atoms with Gasteiger partial charge in [-0.05, 0) is 61.4 Å². The van der Waals surface area contributed by atoms with Crippen molar-refractivity contribution in [3.05, 3.63) is 71.0 Å². The van der Waals surface area contributed by atoms with Crippen LogP contribution in [0.1, 0.15) is 48.1 Å². The van der Waals surface area contributed by atoms with Gasteiger partial charge in [-0.25, -0.2) is 8.42 Å². The zero-order valence-electron chi connectivity index (χ0n) is 20.1. The molecule has 186 valence electrons. The predicted octanol–water partition coefficient (Wildman–Crippen LogP) is 3.29. The summed E-state index contributed by atoms with van der Waals surface area (Å²) in [6, 6.07) is 12.5. The van der Waals surface area contributed by atoms with Crippen molar-refractivity contribution in [1.29, 1.82) is 0 Å². The maximum atomic E-state index is 13.5. The first-order valence-electron chi connectivity index (χ1n) is 11.6. The summed E-state index contributed by atoms with van der Waals surface area (Å²) < 4.78 is 35.9. The van der Waals surface area contributed by atoms with Gasteiger partial charge >= 0.3 is 5.97 Å². The van der Waals surface area contributed by atoms with E-state index in [1.165, 1.54) is 4.31 Å². The number of hydrogen-bond acceptors (Lipinski definition) is 6. The van der Waals surface area contributed by atoms with Crippen molar-refractivity contribution < 1.29 is 23.1 Å². The van der Waals surface area contributed by atoms with E-state index in [-0.39, 0.29) is 36.4 Å². The van der Waals surface area contributed by atoms with Crippen LogP contribution >= 0.6 is 0 Å². The zero-order chi connectivity index (χ0) is 25.2. The molecule has 4 rings (SSSR count). The SMILES string of the molecule is Cc1ccc(C(CCc2cn(C)nn2)CC(=O)O)cc1CN1C[C@@H](C)Oc2ccccc2S1(=O)=O. The van der Waals surface area contributed by atoms with Gasteiger partial charge in [0, 0.05) is 19.8 Å². The number of benzene rings is 2. The number of ether oxygens (including phenoxy) is 1. The van der Waals surface area contributed by atoms with Gasteiger partial charge in [-0.15, -0.1) is 5.10 Å². The molecule has 0 saturated carbocycles. The monoisotopic (exact) mass is 498 g/mol. The van der Waals surface area contributed by atoms with Crippen LogP contribution in [0.3, 0.4) is 0 Å². The smallest absolute Gasteiger partial charge is 0.303 e. The summed E-state index contributed by atoms with van der Waals surface area (Å²) in [6.45, 7) is 4.17. The lowest BCUT2D eigenvalue weighted by Gasteiger charge is -2.23. The summed E-state index contributed by atoms with van der Waals surface area (Å²) in [4.78, 5) is 11.8. The van der Waals surface area contributed by atoms with Gasteiger partial charge in [-0.3, -0.25) is 9.48 Å². The van der Waals surface area contributed by atoms with Crippen LogP contribution in [0.5, 0.6) is 5.75 Å². The van der Waals surface area contributed by atoms with E-state index >= 15 is 0 Å². The Morgan fingerprint density at radius 2 is 2.03 bits per heavy atom. The molecule has 0 amide bonds. The molecule has 0 spiro atoms. The van der Waals surface area contributed by atoms with Crippen molar-refractivity contribution in [2.75, 3.05) is 6.54 Å². The van der Waals surface area contributed by atoms with Gasteiger partial charge in [0.1, 0.15) is 16.7 Å². The molecule has 0 saturated heterocycles. The summed E-state index contributed by atoms with van der Waals surface area (Å²) in [5.74, 6) is -0.759. The van der Waals surface area contributed by atoms with Crippen molar-refractivity contribution in [1.82, 2.24) is 19.3 Å². The number of para-hydroxylation sites is 1. The van der Waals surface area contributed by atoms with E-state index in [1.807, 2.05) is 38.2 Å². The second-order valence-electron chi connectivity index (χ2n) is 9.08. The second-order valence-corrected chi connectivity index (χ2v) is 11.0. The van der Waals surface area contributed by atoms with E-state index < -0.39 is 16.0 Å². The quantitative estimate of drug-likeness (QED) is 0.507. The van der Waals surface area contributed by atoms with Gasteiger partial charge in [0.05, 0.1) is 18.7 Å². The number of carboxylic acid groups (broad SMARTS) is 1. The lowest BCUT2D eigenvalue weighted by molar-refractivity contribution is -0.137. The number of carboxylic acids is 1. The molecule has 1 N–H and O–H groups in total. The molecule has 35 heavy (non-hydrogen) atoms. The molecule has 2 heterocycles. The van der Waals surface area contributed by atoms with Crippen LogP contribution in [0.15, 0.2) is 53.6 Å². The average Bonchev–Trinajstić information content (AvgIpc) is 3.18. The zero-order valence-corrected chi connectivity index (χ0v) is 20.9. The van der Waals surface area contributed by atoms with Crippen LogP contribution in [-0.4, -0.2) is 51.4 Å². The van der Waals surface area contributed by atoms with Gasteiger partial charge in [0.25, 0.3) is 0 Å². The van der Waals surface area contributed by atoms with E-state index in [1.54, 1.807) is 36.0 Å². The molecule has 2 atom stereocenters. The van der Waals surface area contributed by atoms with Crippen LogP contribution in [-0.2, 0) is 34.8 Å². The van der Waals surface area contributed by atoms with Gasteiger partial charge < -0.3 is 9.84 Å². The molecule has 1 unspecified atom stereocenters. The number of aryl methyl sites for hydroxylation is 3. The van der Waals surface area contributed by atoms with E-state index in [2.05, 4.69) is 10.3 Å². The summed E-state index contributed by atoms with van der Waals surface area (Å²) in [7, 11) is -1.98. The number of hydrogen-bond donors (Lipinski definition) is 1. The molecule has 1 aromatic heterocycles. The number of nitrogens with zero attached hydrogens (tertiary/aromatic N) is 4. The molecule has 0 radical (unpaired) electrons. The van der Waals surface area contributed by atoms with Crippen molar-refractivity contribution >= 4 is 16.0 Å². The number of aliphatic carboxylic acids is 1. The fourth-order valence-electron chi connectivity index (χ4n) is 4.42. The van der Waals surface area contributed by atoms with Crippen LogP contribution in [0, 0.1) is 6.92 Å². The largest absolute Gasteiger partial charge is 0.488 e. The first kappa shape index (κ1) is 24.9. The molecule has 0 aliphatic carbocycles. The second kappa shape index (κ2) is 10.2. The van der Waals surface area contributed by atoms with Crippen molar-refractivity contribution in [2.45, 2.75) is 56.6 Å². The number of rotatable bonds is 8. The molecule has 10 heteroatoms. The highest BCUT2D eigenvalue weighted by Crippen LogP contribution is 2.33. The molecule has 1 aliphatic rings. The van der Waals surface area contributed by atoms with Gasteiger partial charge in [-0.2, -0.15) is 4.31 Å². The molecule has 2 aromatic carbocycles. The van der Waals surface area contributed by atoms with Gasteiger partial charge in [-0.1, -0.05) is 35.5 Å². The Bertz CT molecular complexity index is 1320. The highest BCUT2D eigenvalue weighted by molar-refractivity contribution is 7.89. The molecular formula is C25H30N4O5S. The summed E-state index contributed by atoms with van der Waals surface area (Å²) >= 11 is 0. The Morgan fingerprint density at radius 3 is 2.74 bits per heavy atom. The summed E-state index contributed by atoms with van der Waals surface area (Å²) in [5.41, 5.74) is 3.46. The van der Waals surface area contributed by atoms with Crippen LogP contribution in [0.4, 0.5) is 0 Å². The minimum Gasteiger partial charge on any atom is -0.488 e. The number of carbonyl (C=O) groups is 1. The Hall–Kier alpha value is -3.24. The first-order chi connectivity index (χ1) is 16.6. The fourth-order valence-corrected chi connectivity index (χ4v) is 6.04. The van der Waals surface area contributed by atoms with Gasteiger partial charge in [0.15, 0.2) is 0 Å². The molecular weight excluding hydrogens is 468 g/mol. The maximum Gasteiger partial charge on any atom is 0.303 e. The van der Waals surface area contributed by atoms with Crippen molar-refractivity contribution in [2.24, 2.45) is 7.05 Å². The molecule has 9 nitrogen and oxygen atoms in total. The Morgan fingerprint density at radius 1 is 1.26 bits per heavy atom. The highest BCUT2D eigenvalue weighted by atomic mass is 32.2. The normalized spacial score (nSPS) is 18.3.